The van der Waals surface area contributed by atoms with Gasteiger partial charge in [-0.1, -0.05) is 12.1 Å². The normalized spacial score (nSPS) is 10.0. The van der Waals surface area contributed by atoms with Crippen LogP contribution in [0.5, 0.6) is 0 Å². The number of carbonyl (C=O) groups excluding carboxylic acids is 2. The SMILES string of the molecule is CNc1ccccc1C(=O)N(CCOC)CCC(=O)OC. The van der Waals surface area contributed by atoms with Gasteiger partial charge in [-0.15, -0.1) is 0 Å². The molecule has 0 atom stereocenters. The first-order chi connectivity index (χ1) is 10.1. The van der Waals surface area contributed by atoms with E-state index < -0.39 is 0 Å². The highest BCUT2D eigenvalue weighted by Crippen LogP contribution is 2.16. The Kier molecular flexibility index (Phi) is 7.25. The van der Waals surface area contributed by atoms with Crippen LogP contribution in [0.2, 0.25) is 0 Å². The number of carbonyl (C=O) groups is 2. The van der Waals surface area contributed by atoms with Gasteiger partial charge in [-0.05, 0) is 12.1 Å². The minimum atomic E-state index is -0.341. The first-order valence-electron chi connectivity index (χ1n) is 6.75. The van der Waals surface area contributed by atoms with E-state index in [0.717, 1.165) is 5.69 Å². The predicted octanol–water partition coefficient (Wildman–Crippen LogP) is 1.38. The summed E-state index contributed by atoms with van der Waals surface area (Å²) in [5.41, 5.74) is 1.32. The van der Waals surface area contributed by atoms with Crippen molar-refractivity contribution in [1.82, 2.24) is 4.90 Å². The summed E-state index contributed by atoms with van der Waals surface area (Å²) in [7, 11) is 4.67. The van der Waals surface area contributed by atoms with Crippen LogP contribution in [0.25, 0.3) is 0 Å². The molecule has 0 radical (unpaired) electrons. The van der Waals surface area contributed by atoms with Crippen LogP contribution in [0, 0.1) is 0 Å². The minimum absolute atomic E-state index is 0.138. The molecular formula is C15H22N2O4. The fourth-order valence-electron chi connectivity index (χ4n) is 1.90. The van der Waals surface area contributed by atoms with Crippen molar-refractivity contribution in [3.05, 3.63) is 29.8 Å². The Morgan fingerprint density at radius 2 is 1.90 bits per heavy atom. The van der Waals surface area contributed by atoms with Crippen molar-refractivity contribution < 1.29 is 19.1 Å². The van der Waals surface area contributed by atoms with Crippen LogP contribution in [0.15, 0.2) is 24.3 Å². The second-order valence-corrected chi connectivity index (χ2v) is 4.41. The van der Waals surface area contributed by atoms with Gasteiger partial charge in [0.1, 0.15) is 0 Å². The highest BCUT2D eigenvalue weighted by atomic mass is 16.5. The predicted molar refractivity (Wildman–Crippen MR) is 80.4 cm³/mol. The molecule has 0 saturated carbocycles. The number of anilines is 1. The molecule has 0 aromatic heterocycles. The van der Waals surface area contributed by atoms with Gasteiger partial charge in [0.2, 0.25) is 0 Å². The van der Waals surface area contributed by atoms with Crippen molar-refractivity contribution >= 4 is 17.6 Å². The molecule has 0 unspecified atom stereocenters. The maximum absolute atomic E-state index is 12.6. The molecule has 116 valence electrons. The average Bonchev–Trinajstić information content (AvgIpc) is 2.53. The van der Waals surface area contributed by atoms with Crippen LogP contribution >= 0.6 is 0 Å². The second-order valence-electron chi connectivity index (χ2n) is 4.41. The first-order valence-corrected chi connectivity index (χ1v) is 6.75. The Labute approximate surface area is 125 Å². The van der Waals surface area contributed by atoms with E-state index in [0.29, 0.717) is 25.3 Å². The van der Waals surface area contributed by atoms with E-state index in [2.05, 4.69) is 10.1 Å². The van der Waals surface area contributed by atoms with E-state index in [9.17, 15) is 9.59 Å². The van der Waals surface area contributed by atoms with Gasteiger partial charge in [-0.25, -0.2) is 0 Å². The summed E-state index contributed by atoms with van der Waals surface area (Å²) in [4.78, 5) is 25.5. The summed E-state index contributed by atoms with van der Waals surface area (Å²) in [6.07, 6.45) is 0.160. The van der Waals surface area contributed by atoms with Crippen molar-refractivity contribution in [1.29, 1.82) is 0 Å². The first kappa shape index (κ1) is 17.0. The summed E-state index contributed by atoms with van der Waals surface area (Å²) < 4.78 is 9.64. The number of esters is 1. The third-order valence-electron chi connectivity index (χ3n) is 3.09. The lowest BCUT2D eigenvalue weighted by molar-refractivity contribution is -0.140. The molecule has 1 amide bonds. The summed E-state index contributed by atoms with van der Waals surface area (Å²) in [5.74, 6) is -0.479. The summed E-state index contributed by atoms with van der Waals surface area (Å²) in [5, 5.41) is 2.99. The van der Waals surface area contributed by atoms with E-state index in [-0.39, 0.29) is 18.3 Å². The Morgan fingerprint density at radius 1 is 1.19 bits per heavy atom. The van der Waals surface area contributed by atoms with E-state index in [1.165, 1.54) is 7.11 Å². The molecule has 0 aliphatic rings. The molecule has 1 aromatic carbocycles. The zero-order chi connectivity index (χ0) is 15.7. The van der Waals surface area contributed by atoms with Gasteiger partial charge in [-0.3, -0.25) is 9.59 Å². The van der Waals surface area contributed by atoms with Gasteiger partial charge in [0.15, 0.2) is 0 Å². The molecule has 0 bridgehead atoms. The van der Waals surface area contributed by atoms with E-state index in [4.69, 9.17) is 4.74 Å². The largest absolute Gasteiger partial charge is 0.469 e. The van der Waals surface area contributed by atoms with E-state index >= 15 is 0 Å². The van der Waals surface area contributed by atoms with Crippen LogP contribution in [0.1, 0.15) is 16.8 Å². The number of methoxy groups -OCH3 is 2. The van der Waals surface area contributed by atoms with Crippen molar-refractivity contribution in [3.63, 3.8) is 0 Å². The topological polar surface area (TPSA) is 67.9 Å². The third kappa shape index (κ3) is 5.07. The van der Waals surface area contributed by atoms with Crippen LogP contribution in [0.3, 0.4) is 0 Å². The number of ether oxygens (including phenoxy) is 2. The Hall–Kier alpha value is -2.08. The lowest BCUT2D eigenvalue weighted by Crippen LogP contribution is -2.36. The van der Waals surface area contributed by atoms with Gasteiger partial charge in [0.05, 0.1) is 25.7 Å². The molecule has 6 nitrogen and oxygen atoms in total. The molecule has 1 N–H and O–H groups in total. The maximum atomic E-state index is 12.6. The molecule has 0 aliphatic heterocycles. The minimum Gasteiger partial charge on any atom is -0.469 e. The standard InChI is InChI=1S/C15H22N2O4/c1-16-13-7-5-4-6-12(13)15(19)17(10-11-20-2)9-8-14(18)21-3/h4-7,16H,8-11H2,1-3H3. The highest BCUT2D eigenvalue weighted by Gasteiger charge is 2.19. The average molecular weight is 294 g/mol. The zero-order valence-corrected chi connectivity index (χ0v) is 12.7. The molecule has 1 aromatic rings. The van der Waals surface area contributed by atoms with Crippen LogP contribution in [-0.4, -0.2) is 57.7 Å². The molecular weight excluding hydrogens is 272 g/mol. The number of hydrogen-bond acceptors (Lipinski definition) is 5. The zero-order valence-electron chi connectivity index (χ0n) is 12.7. The van der Waals surface area contributed by atoms with Gasteiger partial charge in [0.25, 0.3) is 5.91 Å². The van der Waals surface area contributed by atoms with E-state index in [1.54, 1.807) is 25.1 Å². The lowest BCUT2D eigenvalue weighted by atomic mass is 10.1. The summed E-state index contributed by atoms with van der Waals surface area (Å²) in [6, 6.07) is 7.26. The number of amides is 1. The Bertz CT molecular complexity index is 476. The lowest BCUT2D eigenvalue weighted by Gasteiger charge is -2.23. The van der Waals surface area contributed by atoms with Crippen molar-refractivity contribution in [2.45, 2.75) is 6.42 Å². The molecule has 0 fully saturated rings. The fourth-order valence-corrected chi connectivity index (χ4v) is 1.90. The quantitative estimate of drug-likeness (QED) is 0.734. The van der Waals surface area contributed by atoms with Crippen LogP contribution < -0.4 is 5.32 Å². The molecule has 21 heavy (non-hydrogen) atoms. The summed E-state index contributed by atoms with van der Waals surface area (Å²) in [6.45, 7) is 1.13. The number of para-hydroxylation sites is 1. The molecule has 0 heterocycles. The van der Waals surface area contributed by atoms with Gasteiger partial charge >= 0.3 is 5.97 Å². The van der Waals surface area contributed by atoms with Crippen molar-refractivity contribution in [2.24, 2.45) is 0 Å². The number of hydrogen-bond donors (Lipinski definition) is 1. The highest BCUT2D eigenvalue weighted by molar-refractivity contribution is 5.99. The van der Waals surface area contributed by atoms with Crippen LogP contribution in [-0.2, 0) is 14.3 Å². The van der Waals surface area contributed by atoms with Gasteiger partial charge < -0.3 is 19.7 Å². The summed E-state index contributed by atoms with van der Waals surface area (Å²) >= 11 is 0. The third-order valence-corrected chi connectivity index (χ3v) is 3.09. The van der Waals surface area contributed by atoms with Crippen LogP contribution in [0.4, 0.5) is 5.69 Å². The van der Waals surface area contributed by atoms with Gasteiger partial charge in [-0.2, -0.15) is 0 Å². The number of nitrogens with zero attached hydrogens (tertiary/aromatic N) is 1. The number of nitrogens with one attached hydrogen (secondary N) is 1. The van der Waals surface area contributed by atoms with Gasteiger partial charge in [0, 0.05) is 32.9 Å². The molecule has 0 spiro atoms. The second kappa shape index (κ2) is 8.97. The monoisotopic (exact) mass is 294 g/mol. The molecule has 0 aliphatic carbocycles. The molecule has 0 saturated heterocycles. The smallest absolute Gasteiger partial charge is 0.307 e. The Balaban J connectivity index is 2.85. The molecule has 6 heteroatoms. The number of benzene rings is 1. The molecule has 1 rings (SSSR count). The maximum Gasteiger partial charge on any atom is 0.307 e. The van der Waals surface area contributed by atoms with Crippen molar-refractivity contribution in [2.75, 3.05) is 46.3 Å². The van der Waals surface area contributed by atoms with E-state index in [1.807, 2.05) is 18.2 Å². The Morgan fingerprint density at radius 3 is 2.52 bits per heavy atom. The fraction of sp³-hybridized carbons (Fsp3) is 0.467. The number of rotatable bonds is 8. The van der Waals surface area contributed by atoms with Crippen molar-refractivity contribution in [3.8, 4) is 0 Å².